The standard InChI is InChI=1S/C11H22F3NO/c1-4-5-15-10(6-9(2)3)7-16-8-11(12,13)14/h9-10,15H,4-8H2,1-3H3. The lowest BCUT2D eigenvalue weighted by Gasteiger charge is -2.20. The van der Waals surface area contributed by atoms with E-state index in [0.717, 1.165) is 19.4 Å². The quantitative estimate of drug-likeness (QED) is 0.705. The van der Waals surface area contributed by atoms with Crippen molar-refractivity contribution < 1.29 is 17.9 Å². The lowest BCUT2D eigenvalue weighted by atomic mass is 10.0. The molecule has 0 aliphatic rings. The lowest BCUT2D eigenvalue weighted by Crippen LogP contribution is -2.36. The first-order valence-electron chi connectivity index (χ1n) is 5.73. The molecule has 0 aromatic heterocycles. The van der Waals surface area contributed by atoms with Crippen LogP contribution in [0.5, 0.6) is 0 Å². The highest BCUT2D eigenvalue weighted by Crippen LogP contribution is 2.15. The fourth-order valence-electron chi connectivity index (χ4n) is 1.44. The number of halogens is 3. The molecule has 0 amide bonds. The molecule has 0 aromatic carbocycles. The van der Waals surface area contributed by atoms with Crippen molar-refractivity contribution in [3.63, 3.8) is 0 Å². The van der Waals surface area contributed by atoms with E-state index in [2.05, 4.69) is 10.1 Å². The van der Waals surface area contributed by atoms with Crippen LogP contribution in [0.15, 0.2) is 0 Å². The molecule has 16 heavy (non-hydrogen) atoms. The monoisotopic (exact) mass is 241 g/mol. The number of alkyl halides is 3. The zero-order valence-corrected chi connectivity index (χ0v) is 10.2. The molecule has 0 heterocycles. The van der Waals surface area contributed by atoms with E-state index in [-0.39, 0.29) is 12.6 Å². The molecule has 5 heteroatoms. The van der Waals surface area contributed by atoms with Crippen LogP contribution in [0.4, 0.5) is 13.2 Å². The van der Waals surface area contributed by atoms with Crippen molar-refractivity contribution in [1.29, 1.82) is 0 Å². The number of nitrogens with one attached hydrogen (secondary N) is 1. The molecule has 98 valence electrons. The van der Waals surface area contributed by atoms with Crippen molar-refractivity contribution >= 4 is 0 Å². The smallest absolute Gasteiger partial charge is 0.370 e. The van der Waals surface area contributed by atoms with Crippen LogP contribution in [0.1, 0.15) is 33.6 Å². The average Bonchev–Trinajstić information content (AvgIpc) is 2.11. The maximum atomic E-state index is 11.9. The van der Waals surface area contributed by atoms with Gasteiger partial charge < -0.3 is 10.1 Å². The highest BCUT2D eigenvalue weighted by molar-refractivity contribution is 4.68. The molecule has 0 saturated heterocycles. The van der Waals surface area contributed by atoms with Crippen LogP contribution in [0, 0.1) is 5.92 Å². The molecule has 1 atom stereocenters. The van der Waals surface area contributed by atoms with Crippen molar-refractivity contribution in [3.8, 4) is 0 Å². The molecule has 1 N–H and O–H groups in total. The van der Waals surface area contributed by atoms with Crippen molar-refractivity contribution in [1.82, 2.24) is 5.32 Å². The summed E-state index contributed by atoms with van der Waals surface area (Å²) in [6.45, 7) is 5.89. The SMILES string of the molecule is CCCNC(COCC(F)(F)F)CC(C)C. The summed E-state index contributed by atoms with van der Waals surface area (Å²) in [5.41, 5.74) is 0. The van der Waals surface area contributed by atoms with Gasteiger partial charge >= 0.3 is 6.18 Å². The van der Waals surface area contributed by atoms with Gasteiger partial charge in [0.2, 0.25) is 0 Å². The summed E-state index contributed by atoms with van der Waals surface area (Å²) in [7, 11) is 0. The Labute approximate surface area is 95.5 Å². The number of rotatable bonds is 8. The molecule has 0 radical (unpaired) electrons. The minimum absolute atomic E-state index is 0.0160. The van der Waals surface area contributed by atoms with E-state index in [0.29, 0.717) is 5.92 Å². The third-order valence-electron chi connectivity index (χ3n) is 2.02. The lowest BCUT2D eigenvalue weighted by molar-refractivity contribution is -0.175. The summed E-state index contributed by atoms with van der Waals surface area (Å²) in [6, 6.07) is 0.0160. The van der Waals surface area contributed by atoms with Crippen LogP contribution >= 0.6 is 0 Å². The predicted octanol–water partition coefficient (Wildman–Crippen LogP) is 2.98. The van der Waals surface area contributed by atoms with Gasteiger partial charge in [0, 0.05) is 6.04 Å². The van der Waals surface area contributed by atoms with Gasteiger partial charge in [-0.25, -0.2) is 0 Å². The van der Waals surface area contributed by atoms with Gasteiger partial charge in [0.1, 0.15) is 6.61 Å². The van der Waals surface area contributed by atoms with E-state index < -0.39 is 12.8 Å². The second-order valence-electron chi connectivity index (χ2n) is 4.41. The Hall–Kier alpha value is -0.290. The maximum Gasteiger partial charge on any atom is 0.411 e. The minimum Gasteiger partial charge on any atom is -0.370 e. The summed E-state index contributed by atoms with van der Waals surface area (Å²) < 4.78 is 40.3. The molecule has 0 saturated carbocycles. The Morgan fingerprint density at radius 3 is 2.31 bits per heavy atom. The first-order valence-corrected chi connectivity index (χ1v) is 5.73. The van der Waals surface area contributed by atoms with Crippen LogP contribution in [0.2, 0.25) is 0 Å². The fraction of sp³-hybridized carbons (Fsp3) is 1.00. The van der Waals surface area contributed by atoms with Crippen LogP contribution in [-0.4, -0.2) is 32.0 Å². The van der Waals surface area contributed by atoms with E-state index in [1.54, 1.807) is 0 Å². The summed E-state index contributed by atoms with van der Waals surface area (Å²) in [5.74, 6) is 0.448. The summed E-state index contributed by atoms with van der Waals surface area (Å²) >= 11 is 0. The van der Waals surface area contributed by atoms with E-state index >= 15 is 0 Å². The molecule has 0 spiro atoms. The fourth-order valence-corrected chi connectivity index (χ4v) is 1.44. The van der Waals surface area contributed by atoms with Crippen LogP contribution < -0.4 is 5.32 Å². The summed E-state index contributed by atoms with van der Waals surface area (Å²) in [4.78, 5) is 0. The van der Waals surface area contributed by atoms with Gasteiger partial charge in [0.05, 0.1) is 6.61 Å². The highest BCUT2D eigenvalue weighted by Gasteiger charge is 2.27. The highest BCUT2D eigenvalue weighted by atomic mass is 19.4. The third-order valence-corrected chi connectivity index (χ3v) is 2.02. The van der Waals surface area contributed by atoms with E-state index in [4.69, 9.17) is 0 Å². The number of hydrogen-bond acceptors (Lipinski definition) is 2. The van der Waals surface area contributed by atoms with Crippen LogP contribution in [0.25, 0.3) is 0 Å². The number of hydrogen-bond donors (Lipinski definition) is 1. The van der Waals surface area contributed by atoms with Gasteiger partial charge in [-0.15, -0.1) is 0 Å². The molecule has 0 rings (SSSR count). The predicted molar refractivity (Wildman–Crippen MR) is 58.4 cm³/mol. The second-order valence-corrected chi connectivity index (χ2v) is 4.41. The van der Waals surface area contributed by atoms with Gasteiger partial charge in [-0.1, -0.05) is 20.8 Å². The van der Waals surface area contributed by atoms with E-state index in [9.17, 15) is 13.2 Å². The number of ether oxygens (including phenoxy) is 1. The molecule has 2 nitrogen and oxygen atoms in total. The Morgan fingerprint density at radius 2 is 1.88 bits per heavy atom. The van der Waals surface area contributed by atoms with Gasteiger partial charge in [-0.3, -0.25) is 0 Å². The maximum absolute atomic E-state index is 11.9. The summed E-state index contributed by atoms with van der Waals surface area (Å²) in [5, 5.41) is 3.19. The molecule has 0 aliphatic carbocycles. The van der Waals surface area contributed by atoms with Crippen LogP contribution in [0.3, 0.4) is 0 Å². The zero-order valence-electron chi connectivity index (χ0n) is 10.2. The van der Waals surface area contributed by atoms with Gasteiger partial charge in [0.15, 0.2) is 0 Å². The van der Waals surface area contributed by atoms with Gasteiger partial charge in [-0.05, 0) is 25.3 Å². The zero-order chi connectivity index (χ0) is 12.6. The Kier molecular flexibility index (Phi) is 7.76. The molecule has 1 unspecified atom stereocenters. The Morgan fingerprint density at radius 1 is 1.25 bits per heavy atom. The van der Waals surface area contributed by atoms with Crippen molar-refractivity contribution in [2.75, 3.05) is 19.8 Å². The molecular formula is C11H22F3NO. The Balaban J connectivity index is 3.82. The normalized spacial score (nSPS) is 14.4. The molecule has 0 aromatic rings. The van der Waals surface area contributed by atoms with E-state index in [1.165, 1.54) is 0 Å². The van der Waals surface area contributed by atoms with Crippen molar-refractivity contribution in [2.45, 2.75) is 45.8 Å². The topological polar surface area (TPSA) is 21.3 Å². The van der Waals surface area contributed by atoms with Gasteiger partial charge in [-0.2, -0.15) is 13.2 Å². The molecule has 0 aliphatic heterocycles. The second kappa shape index (κ2) is 7.90. The average molecular weight is 241 g/mol. The molecular weight excluding hydrogens is 219 g/mol. The first-order chi connectivity index (χ1) is 7.35. The first kappa shape index (κ1) is 15.7. The van der Waals surface area contributed by atoms with Crippen molar-refractivity contribution in [3.05, 3.63) is 0 Å². The molecule has 0 fully saturated rings. The third kappa shape index (κ3) is 10.2. The van der Waals surface area contributed by atoms with Gasteiger partial charge in [0.25, 0.3) is 0 Å². The largest absolute Gasteiger partial charge is 0.411 e. The summed E-state index contributed by atoms with van der Waals surface area (Å²) in [6.07, 6.45) is -2.43. The Bertz CT molecular complexity index is 171. The van der Waals surface area contributed by atoms with Crippen molar-refractivity contribution in [2.24, 2.45) is 5.92 Å². The minimum atomic E-state index is -4.23. The van der Waals surface area contributed by atoms with E-state index in [1.807, 2.05) is 20.8 Å². The molecule has 0 bridgehead atoms. The van der Waals surface area contributed by atoms with Crippen LogP contribution in [-0.2, 0) is 4.74 Å².